The number of anilines is 1. The summed E-state index contributed by atoms with van der Waals surface area (Å²) < 4.78 is 5.46. The molecule has 0 spiro atoms. The predicted octanol–water partition coefficient (Wildman–Crippen LogP) is 3.94. The first-order chi connectivity index (χ1) is 8.81. The number of hydrogen-bond acceptors (Lipinski definition) is 3. The van der Waals surface area contributed by atoms with Crippen LogP contribution in [0.3, 0.4) is 0 Å². The molecule has 92 valence electrons. The van der Waals surface area contributed by atoms with E-state index in [1.165, 1.54) is 16.1 Å². The summed E-state index contributed by atoms with van der Waals surface area (Å²) in [6.45, 7) is 0. The second-order valence-corrected chi connectivity index (χ2v) is 5.41. The number of thioether (sulfide) groups is 1. The molecule has 2 aromatic rings. The summed E-state index contributed by atoms with van der Waals surface area (Å²) in [5.74, 6) is 0.953. The molecule has 0 bridgehead atoms. The fourth-order valence-corrected chi connectivity index (χ4v) is 3.64. The fourth-order valence-electron chi connectivity index (χ4n) is 2.32. The zero-order valence-corrected chi connectivity index (χ0v) is 11.3. The van der Waals surface area contributed by atoms with Gasteiger partial charge in [0.25, 0.3) is 0 Å². The van der Waals surface area contributed by atoms with Crippen LogP contribution < -0.4 is 9.64 Å². The normalized spacial score (nSPS) is 17.7. The van der Waals surface area contributed by atoms with E-state index >= 15 is 0 Å². The van der Waals surface area contributed by atoms with E-state index in [1.54, 1.807) is 7.11 Å². The number of methoxy groups -OCH3 is 1. The molecule has 0 saturated heterocycles. The van der Waals surface area contributed by atoms with Crippen LogP contribution in [0.15, 0.2) is 53.4 Å². The first kappa shape index (κ1) is 11.5. The lowest BCUT2D eigenvalue weighted by Gasteiger charge is -2.23. The fraction of sp³-hybridized carbons (Fsp3) is 0.200. The van der Waals surface area contributed by atoms with E-state index in [0.717, 1.165) is 5.75 Å². The van der Waals surface area contributed by atoms with Crippen molar-refractivity contribution in [3.8, 4) is 5.75 Å². The van der Waals surface area contributed by atoms with Crippen LogP contribution in [0.2, 0.25) is 0 Å². The topological polar surface area (TPSA) is 12.5 Å². The van der Waals surface area contributed by atoms with Gasteiger partial charge < -0.3 is 9.64 Å². The maximum atomic E-state index is 5.46. The van der Waals surface area contributed by atoms with Crippen molar-refractivity contribution >= 4 is 17.4 Å². The highest BCUT2D eigenvalue weighted by molar-refractivity contribution is 8.00. The van der Waals surface area contributed by atoms with Crippen LogP contribution in [0.5, 0.6) is 5.75 Å². The summed E-state index contributed by atoms with van der Waals surface area (Å²) in [5, 5.41) is 0.290. The van der Waals surface area contributed by atoms with Gasteiger partial charge in [0, 0.05) is 17.5 Å². The number of nitrogens with zero attached hydrogens (tertiary/aromatic N) is 1. The molecule has 0 radical (unpaired) electrons. The summed E-state index contributed by atoms with van der Waals surface area (Å²) in [7, 11) is 3.86. The van der Waals surface area contributed by atoms with Crippen LogP contribution in [-0.2, 0) is 0 Å². The quantitative estimate of drug-likeness (QED) is 0.808. The molecule has 1 atom stereocenters. The van der Waals surface area contributed by atoms with Crippen molar-refractivity contribution in [2.75, 3.05) is 19.1 Å². The molecule has 1 heterocycles. The standard InChI is InChI=1S/C15H15NOS/c1-16-12-8-4-6-10-14(12)18-15(16)11-7-3-5-9-13(11)17-2/h3-10,15H,1-2H3. The van der Waals surface area contributed by atoms with Gasteiger partial charge in [-0.3, -0.25) is 0 Å². The molecule has 0 N–H and O–H groups in total. The van der Waals surface area contributed by atoms with Crippen LogP contribution in [-0.4, -0.2) is 14.2 Å². The van der Waals surface area contributed by atoms with Gasteiger partial charge in [-0.1, -0.05) is 42.1 Å². The third-order valence-electron chi connectivity index (χ3n) is 3.24. The monoisotopic (exact) mass is 257 g/mol. The van der Waals surface area contributed by atoms with E-state index < -0.39 is 0 Å². The molecule has 18 heavy (non-hydrogen) atoms. The number of ether oxygens (including phenoxy) is 1. The second kappa shape index (κ2) is 4.58. The van der Waals surface area contributed by atoms with E-state index in [0.29, 0.717) is 5.37 Å². The Kier molecular flexibility index (Phi) is 2.92. The van der Waals surface area contributed by atoms with Crippen molar-refractivity contribution in [2.24, 2.45) is 0 Å². The molecule has 1 unspecified atom stereocenters. The van der Waals surface area contributed by atoms with Crippen LogP contribution in [0.25, 0.3) is 0 Å². The number of rotatable bonds is 2. The van der Waals surface area contributed by atoms with Gasteiger partial charge >= 0.3 is 0 Å². The highest BCUT2D eigenvalue weighted by atomic mass is 32.2. The Balaban J connectivity index is 2.01. The first-order valence-electron chi connectivity index (χ1n) is 5.92. The Bertz CT molecular complexity index is 570. The SMILES string of the molecule is COc1ccccc1C1Sc2ccccc2N1C. The molecule has 0 aromatic heterocycles. The van der Waals surface area contributed by atoms with Crippen LogP contribution in [0.1, 0.15) is 10.9 Å². The summed E-state index contributed by atoms with van der Waals surface area (Å²) in [6, 6.07) is 16.7. The van der Waals surface area contributed by atoms with Gasteiger partial charge in [-0.15, -0.1) is 0 Å². The molecule has 0 aliphatic carbocycles. The molecule has 3 heteroatoms. The highest BCUT2D eigenvalue weighted by Crippen LogP contribution is 2.51. The summed E-state index contributed by atoms with van der Waals surface area (Å²) in [4.78, 5) is 3.63. The molecule has 0 amide bonds. The highest BCUT2D eigenvalue weighted by Gasteiger charge is 2.29. The Morgan fingerprint density at radius 2 is 1.78 bits per heavy atom. The number of benzene rings is 2. The van der Waals surface area contributed by atoms with Crippen LogP contribution in [0.4, 0.5) is 5.69 Å². The van der Waals surface area contributed by atoms with E-state index in [1.807, 2.05) is 23.9 Å². The summed E-state index contributed by atoms with van der Waals surface area (Å²) >= 11 is 1.87. The lowest BCUT2D eigenvalue weighted by molar-refractivity contribution is 0.409. The van der Waals surface area contributed by atoms with Crippen LogP contribution in [0, 0.1) is 0 Å². The third-order valence-corrected chi connectivity index (χ3v) is 4.63. The Labute approximate surface area is 112 Å². The molecule has 2 aromatic carbocycles. The molecular weight excluding hydrogens is 242 g/mol. The molecule has 0 saturated carbocycles. The Hall–Kier alpha value is -1.61. The molecule has 1 aliphatic heterocycles. The minimum atomic E-state index is 0.290. The summed E-state index contributed by atoms with van der Waals surface area (Å²) in [6.07, 6.45) is 0. The Morgan fingerprint density at radius 1 is 1.06 bits per heavy atom. The summed E-state index contributed by atoms with van der Waals surface area (Å²) in [5.41, 5.74) is 2.52. The maximum absolute atomic E-state index is 5.46. The van der Waals surface area contributed by atoms with Crippen molar-refractivity contribution in [1.29, 1.82) is 0 Å². The van der Waals surface area contributed by atoms with E-state index in [2.05, 4.69) is 48.3 Å². The minimum Gasteiger partial charge on any atom is -0.496 e. The smallest absolute Gasteiger partial charge is 0.125 e. The first-order valence-corrected chi connectivity index (χ1v) is 6.80. The average Bonchev–Trinajstić information content (AvgIpc) is 2.76. The van der Waals surface area contributed by atoms with E-state index in [9.17, 15) is 0 Å². The number of hydrogen-bond donors (Lipinski definition) is 0. The van der Waals surface area contributed by atoms with Crippen molar-refractivity contribution in [2.45, 2.75) is 10.3 Å². The van der Waals surface area contributed by atoms with Gasteiger partial charge in [0.2, 0.25) is 0 Å². The maximum Gasteiger partial charge on any atom is 0.125 e. The second-order valence-electron chi connectivity index (χ2n) is 4.29. The van der Waals surface area contributed by atoms with Crippen LogP contribution >= 0.6 is 11.8 Å². The van der Waals surface area contributed by atoms with Crippen molar-refractivity contribution in [3.05, 3.63) is 54.1 Å². The van der Waals surface area contributed by atoms with Crippen molar-refractivity contribution < 1.29 is 4.74 Å². The predicted molar refractivity (Wildman–Crippen MR) is 76.4 cm³/mol. The average molecular weight is 257 g/mol. The molecule has 2 nitrogen and oxygen atoms in total. The van der Waals surface area contributed by atoms with Crippen molar-refractivity contribution in [1.82, 2.24) is 0 Å². The van der Waals surface area contributed by atoms with Crippen molar-refractivity contribution in [3.63, 3.8) is 0 Å². The lowest BCUT2D eigenvalue weighted by Crippen LogP contribution is -2.17. The minimum absolute atomic E-state index is 0.290. The van der Waals surface area contributed by atoms with Gasteiger partial charge in [-0.05, 0) is 18.2 Å². The molecule has 0 fully saturated rings. The lowest BCUT2D eigenvalue weighted by atomic mass is 10.2. The Morgan fingerprint density at radius 3 is 2.56 bits per heavy atom. The van der Waals surface area contributed by atoms with E-state index in [-0.39, 0.29) is 0 Å². The zero-order valence-electron chi connectivity index (χ0n) is 10.5. The molecule has 3 rings (SSSR count). The van der Waals surface area contributed by atoms with Gasteiger partial charge in [0.05, 0.1) is 12.8 Å². The van der Waals surface area contributed by atoms with Gasteiger partial charge in [-0.2, -0.15) is 0 Å². The largest absolute Gasteiger partial charge is 0.496 e. The molecular formula is C15H15NOS. The molecule has 1 aliphatic rings. The number of para-hydroxylation sites is 2. The van der Waals surface area contributed by atoms with E-state index in [4.69, 9.17) is 4.74 Å². The van der Waals surface area contributed by atoms with Gasteiger partial charge in [0.15, 0.2) is 0 Å². The number of fused-ring (bicyclic) bond motifs is 1. The zero-order chi connectivity index (χ0) is 12.5. The third kappa shape index (κ3) is 1.75. The van der Waals surface area contributed by atoms with Gasteiger partial charge in [0.1, 0.15) is 11.1 Å². The van der Waals surface area contributed by atoms with Gasteiger partial charge in [-0.25, -0.2) is 0 Å².